The Balaban J connectivity index is 0.854. The summed E-state index contributed by atoms with van der Waals surface area (Å²) >= 11 is 0. The fourth-order valence-electron chi connectivity index (χ4n) is 14.2. The van der Waals surface area contributed by atoms with Crippen molar-refractivity contribution in [3.63, 3.8) is 0 Å². The molecule has 346 valence electrons. The van der Waals surface area contributed by atoms with E-state index < -0.39 is 10.8 Å². The number of aryl methyl sites for hydroxylation is 2. The lowest BCUT2D eigenvalue weighted by molar-refractivity contribution is 0.103. The van der Waals surface area contributed by atoms with Crippen LogP contribution in [0.2, 0.25) is 0 Å². The van der Waals surface area contributed by atoms with Gasteiger partial charge in [0.1, 0.15) is 0 Å². The number of ketones is 1. The lowest BCUT2D eigenvalue weighted by atomic mass is 9.69. The molecule has 16 rings (SSSR count). The van der Waals surface area contributed by atoms with Crippen molar-refractivity contribution in [2.75, 3.05) is 4.90 Å². The molecule has 0 bridgehead atoms. The molecule has 0 N–H and O–H groups in total. The first-order valence-corrected chi connectivity index (χ1v) is 25.7. The number of hydrogen-bond donors (Lipinski definition) is 0. The summed E-state index contributed by atoms with van der Waals surface area (Å²) in [7, 11) is 0. The van der Waals surface area contributed by atoms with Crippen molar-refractivity contribution >= 4 is 22.8 Å². The number of nitrogens with zero attached hydrogens (tertiary/aromatic N) is 1. The average Bonchev–Trinajstić information content (AvgIpc) is 4.14. The van der Waals surface area contributed by atoms with Gasteiger partial charge < -0.3 is 9.64 Å². The fraction of sp³-hybridized carbons (Fsp3) is 0.0563. The summed E-state index contributed by atoms with van der Waals surface area (Å²) in [6.07, 6.45) is 0. The van der Waals surface area contributed by atoms with Gasteiger partial charge >= 0.3 is 0 Å². The van der Waals surface area contributed by atoms with Crippen LogP contribution in [-0.4, -0.2) is 5.78 Å². The van der Waals surface area contributed by atoms with E-state index in [1.54, 1.807) is 0 Å². The highest BCUT2D eigenvalue weighted by Gasteiger charge is 2.53. The monoisotopic (exact) mass is 943 g/mol. The maximum Gasteiger partial charge on any atom is 0.193 e. The van der Waals surface area contributed by atoms with Crippen molar-refractivity contribution in [1.29, 1.82) is 0 Å². The summed E-state index contributed by atoms with van der Waals surface area (Å²) in [5, 5.41) is 0. The lowest BCUT2D eigenvalue weighted by Gasteiger charge is -2.34. The lowest BCUT2D eigenvalue weighted by Crippen LogP contribution is -2.26. The first-order valence-electron chi connectivity index (χ1n) is 25.7. The number of fused-ring (bicyclic) bond motifs is 22. The van der Waals surface area contributed by atoms with E-state index in [9.17, 15) is 0 Å². The highest BCUT2D eigenvalue weighted by molar-refractivity contribution is 6.11. The number of carbonyl (C=O) groups is 1. The molecule has 0 radical (unpaired) electrons. The molecular weight excluding hydrogens is 899 g/mol. The van der Waals surface area contributed by atoms with Crippen LogP contribution in [0, 0.1) is 13.8 Å². The van der Waals surface area contributed by atoms with Gasteiger partial charge in [-0.1, -0.05) is 182 Å². The van der Waals surface area contributed by atoms with Gasteiger partial charge in [-0.2, -0.15) is 0 Å². The Morgan fingerprint density at radius 2 is 0.689 bits per heavy atom. The van der Waals surface area contributed by atoms with Crippen molar-refractivity contribution in [3.8, 4) is 67.1 Å². The fourth-order valence-corrected chi connectivity index (χ4v) is 14.2. The number of para-hydroxylation sites is 4. The molecule has 0 amide bonds. The maximum atomic E-state index is 15.6. The van der Waals surface area contributed by atoms with E-state index in [0.29, 0.717) is 11.1 Å². The number of hydrogen-bond acceptors (Lipinski definition) is 3. The molecule has 0 aromatic heterocycles. The predicted molar refractivity (Wildman–Crippen MR) is 299 cm³/mol. The molecule has 1 heterocycles. The summed E-state index contributed by atoms with van der Waals surface area (Å²) in [6, 6.07) is 85.7. The van der Waals surface area contributed by atoms with Gasteiger partial charge in [0.15, 0.2) is 17.3 Å². The van der Waals surface area contributed by atoms with Gasteiger partial charge in [-0.3, -0.25) is 4.79 Å². The van der Waals surface area contributed by atoms with E-state index in [4.69, 9.17) is 4.74 Å². The zero-order valence-electron chi connectivity index (χ0n) is 40.8. The first kappa shape index (κ1) is 41.3. The van der Waals surface area contributed by atoms with Crippen molar-refractivity contribution in [3.05, 3.63) is 303 Å². The molecule has 5 aliphatic rings. The summed E-state index contributed by atoms with van der Waals surface area (Å²) in [6.45, 7) is 4.45. The molecule has 0 saturated heterocycles. The van der Waals surface area contributed by atoms with Crippen LogP contribution in [0.1, 0.15) is 71.6 Å². The summed E-state index contributed by atoms with van der Waals surface area (Å²) in [4.78, 5) is 17.9. The zero-order chi connectivity index (χ0) is 49.0. The van der Waals surface area contributed by atoms with Crippen LogP contribution >= 0.6 is 0 Å². The molecule has 0 saturated carbocycles. The molecule has 3 heteroatoms. The maximum absolute atomic E-state index is 15.6. The molecule has 1 atom stereocenters. The van der Waals surface area contributed by atoms with Gasteiger partial charge in [-0.25, -0.2) is 0 Å². The molecule has 11 aromatic carbocycles. The second-order valence-electron chi connectivity index (χ2n) is 20.7. The van der Waals surface area contributed by atoms with Gasteiger partial charge in [0.05, 0.1) is 22.2 Å². The van der Waals surface area contributed by atoms with E-state index in [-0.39, 0.29) is 5.78 Å². The minimum absolute atomic E-state index is 0.0179. The molecule has 11 aromatic rings. The van der Waals surface area contributed by atoms with Crippen molar-refractivity contribution in [1.82, 2.24) is 0 Å². The van der Waals surface area contributed by atoms with Crippen LogP contribution < -0.4 is 9.64 Å². The third-order valence-corrected chi connectivity index (χ3v) is 17.1. The van der Waals surface area contributed by atoms with Gasteiger partial charge in [-0.05, 0) is 180 Å². The zero-order valence-corrected chi connectivity index (χ0v) is 40.8. The second kappa shape index (κ2) is 14.9. The number of benzene rings is 11. The summed E-state index contributed by atoms with van der Waals surface area (Å²) in [5.74, 6) is 1.70. The number of anilines is 3. The molecule has 4 aliphatic carbocycles. The second-order valence-corrected chi connectivity index (χ2v) is 20.7. The molecule has 1 unspecified atom stereocenters. The van der Waals surface area contributed by atoms with Gasteiger partial charge in [0.2, 0.25) is 0 Å². The largest absolute Gasteiger partial charge is 0.453 e. The standard InChI is InChI=1S/C71H45NO2/c1-42-38-66(72-64-27-13-15-29-67(64)74-68-30-16-14-28-65(68)72)43(2)37-55(42)44-31-34-52-50-20-6-11-25-59(50)71(61(52)39-44)60-26-12-7-21-51(60)54-36-33-46(41-63(54)71)69(73)45-32-35-53-49-19-5-10-24-58(49)70(62(53)40-45)56-22-8-3-17-47(56)48-18-4-9-23-57(48)70/h3-41H,1-2H3. The SMILES string of the molecule is Cc1cc(N2c3ccccc3Oc3ccccc32)c(C)cc1-c1ccc2c(c1)C1(c3ccccc3-c3ccc(C(=O)c4ccc5c(c4)C4(c6ccccc6-c6ccccc64)c4ccccc4-5)cc31)c1ccccc1-2. The molecule has 0 fully saturated rings. The minimum atomic E-state index is -0.658. The van der Waals surface area contributed by atoms with E-state index in [1.807, 2.05) is 24.3 Å². The van der Waals surface area contributed by atoms with Crippen molar-refractivity contribution in [2.24, 2.45) is 0 Å². The van der Waals surface area contributed by atoms with Crippen LogP contribution in [0.5, 0.6) is 11.5 Å². The Morgan fingerprint density at radius 3 is 1.15 bits per heavy atom. The first-order chi connectivity index (χ1) is 36.4. The van der Waals surface area contributed by atoms with Crippen LogP contribution in [0.25, 0.3) is 55.6 Å². The Bertz CT molecular complexity index is 4190. The minimum Gasteiger partial charge on any atom is -0.453 e. The molecule has 74 heavy (non-hydrogen) atoms. The Labute approximate surface area is 430 Å². The number of ether oxygens (including phenoxy) is 1. The Morgan fingerprint density at radius 1 is 0.324 bits per heavy atom. The van der Waals surface area contributed by atoms with Crippen LogP contribution in [0.3, 0.4) is 0 Å². The number of carbonyl (C=O) groups excluding carboxylic acids is 1. The van der Waals surface area contributed by atoms with Crippen LogP contribution in [-0.2, 0) is 10.8 Å². The normalized spacial score (nSPS) is 15.7. The number of rotatable bonds is 4. The average molecular weight is 944 g/mol. The van der Waals surface area contributed by atoms with E-state index in [2.05, 4.69) is 231 Å². The Hall–Kier alpha value is -9.31. The van der Waals surface area contributed by atoms with E-state index >= 15 is 4.79 Å². The van der Waals surface area contributed by atoms with Gasteiger partial charge in [-0.15, -0.1) is 0 Å². The molecular formula is C71H45NO2. The summed E-state index contributed by atoms with van der Waals surface area (Å²) < 4.78 is 6.41. The highest BCUT2D eigenvalue weighted by Crippen LogP contribution is 2.65. The molecule has 2 spiro atoms. The van der Waals surface area contributed by atoms with Gasteiger partial charge in [0.25, 0.3) is 0 Å². The molecule has 3 nitrogen and oxygen atoms in total. The highest BCUT2D eigenvalue weighted by atomic mass is 16.5. The van der Waals surface area contributed by atoms with E-state index in [0.717, 1.165) is 56.4 Å². The topological polar surface area (TPSA) is 29.5 Å². The van der Waals surface area contributed by atoms with Gasteiger partial charge in [0, 0.05) is 16.8 Å². The van der Waals surface area contributed by atoms with Crippen LogP contribution in [0.15, 0.2) is 237 Å². The molecule has 1 aliphatic heterocycles. The third-order valence-electron chi connectivity index (χ3n) is 17.1. The third kappa shape index (κ3) is 5.18. The smallest absolute Gasteiger partial charge is 0.193 e. The van der Waals surface area contributed by atoms with E-state index in [1.165, 1.54) is 83.5 Å². The quantitative estimate of drug-likeness (QED) is 0.165. The Kier molecular flexibility index (Phi) is 8.31. The predicted octanol–water partition coefficient (Wildman–Crippen LogP) is 17.5. The summed E-state index contributed by atoms with van der Waals surface area (Å²) in [5.41, 5.74) is 27.6. The van der Waals surface area contributed by atoms with Crippen LogP contribution in [0.4, 0.5) is 17.1 Å². The van der Waals surface area contributed by atoms with Crippen molar-refractivity contribution in [2.45, 2.75) is 24.7 Å². The van der Waals surface area contributed by atoms with Crippen molar-refractivity contribution < 1.29 is 9.53 Å².